The number of allylic oxidation sites excluding steroid dienone is 2. The minimum Gasteiger partial charge on any atom is -0.482 e. The molecule has 0 radical (unpaired) electrons. The molecular formula is C22H21NO5. The number of carbonyl (C=O) groups is 2. The van der Waals surface area contributed by atoms with Crippen molar-refractivity contribution in [3.05, 3.63) is 71.3 Å². The summed E-state index contributed by atoms with van der Waals surface area (Å²) in [4.78, 5) is 22.5. The van der Waals surface area contributed by atoms with Gasteiger partial charge >= 0.3 is 11.9 Å². The fourth-order valence-electron chi connectivity index (χ4n) is 4.03. The third-order valence-corrected chi connectivity index (χ3v) is 5.43. The van der Waals surface area contributed by atoms with E-state index in [1.165, 1.54) is 7.11 Å². The third kappa shape index (κ3) is 3.33. The number of benzene rings is 2. The van der Waals surface area contributed by atoms with Crippen LogP contribution in [-0.4, -0.2) is 30.8 Å². The molecule has 2 aromatic carbocycles. The summed E-state index contributed by atoms with van der Waals surface area (Å²) in [5.41, 5.74) is 3.43. The monoisotopic (exact) mass is 379 g/mol. The molecule has 1 aliphatic heterocycles. The SMILES string of the molecule is COC(=O)COc1ccc([C@H]2Nc3ccc(C(=O)O)cc3[C@H]3C=CC[C@H]32)cc1. The number of carbonyl (C=O) groups excluding carboxylic acids is 1. The van der Waals surface area contributed by atoms with Crippen LogP contribution in [0.5, 0.6) is 5.75 Å². The predicted molar refractivity (Wildman–Crippen MR) is 104 cm³/mol. The summed E-state index contributed by atoms with van der Waals surface area (Å²) >= 11 is 0. The summed E-state index contributed by atoms with van der Waals surface area (Å²) in [5, 5.41) is 12.9. The summed E-state index contributed by atoms with van der Waals surface area (Å²) in [6, 6.07) is 13.1. The summed E-state index contributed by atoms with van der Waals surface area (Å²) in [7, 11) is 1.33. The van der Waals surface area contributed by atoms with Gasteiger partial charge in [0, 0.05) is 11.6 Å². The molecule has 1 heterocycles. The standard InChI is InChI=1S/C22H21NO5/c1-27-20(24)12-28-15-8-5-13(6-9-15)21-17-4-2-3-16(17)18-11-14(22(25)26)7-10-19(18)23-21/h2-3,5-11,16-17,21,23H,4,12H2,1H3,(H,25,26)/t16-,17+,21+/m0/s1. The van der Waals surface area contributed by atoms with E-state index in [2.05, 4.69) is 22.2 Å². The maximum absolute atomic E-state index is 11.3. The van der Waals surface area contributed by atoms with Crippen molar-refractivity contribution < 1.29 is 24.2 Å². The van der Waals surface area contributed by atoms with E-state index in [1.54, 1.807) is 12.1 Å². The Morgan fingerprint density at radius 3 is 2.68 bits per heavy atom. The number of aromatic carboxylic acids is 1. The van der Waals surface area contributed by atoms with Crippen LogP contribution in [0.2, 0.25) is 0 Å². The number of hydrogen-bond donors (Lipinski definition) is 2. The Morgan fingerprint density at radius 1 is 1.18 bits per heavy atom. The summed E-state index contributed by atoms with van der Waals surface area (Å²) < 4.78 is 9.99. The second-order valence-corrected chi connectivity index (χ2v) is 7.02. The topological polar surface area (TPSA) is 84.9 Å². The Labute approximate surface area is 162 Å². The Hall–Kier alpha value is -3.28. The molecule has 0 spiro atoms. The lowest BCUT2D eigenvalue weighted by atomic mass is 9.76. The first-order chi connectivity index (χ1) is 13.6. The molecule has 6 nitrogen and oxygen atoms in total. The average Bonchev–Trinajstić information content (AvgIpc) is 3.21. The number of fused-ring (bicyclic) bond motifs is 3. The molecule has 0 saturated heterocycles. The zero-order valence-corrected chi connectivity index (χ0v) is 15.4. The van der Waals surface area contributed by atoms with Crippen LogP contribution in [0, 0.1) is 5.92 Å². The van der Waals surface area contributed by atoms with Crippen molar-refractivity contribution in [2.24, 2.45) is 5.92 Å². The number of rotatable bonds is 5. The summed E-state index contributed by atoms with van der Waals surface area (Å²) in [5.74, 6) is -0.215. The minimum atomic E-state index is -0.911. The Balaban J connectivity index is 1.58. The van der Waals surface area contributed by atoms with Gasteiger partial charge in [-0.3, -0.25) is 0 Å². The Kier molecular flexibility index (Phi) is 4.77. The van der Waals surface area contributed by atoms with Crippen molar-refractivity contribution in [2.45, 2.75) is 18.4 Å². The molecule has 28 heavy (non-hydrogen) atoms. The van der Waals surface area contributed by atoms with Crippen LogP contribution < -0.4 is 10.1 Å². The van der Waals surface area contributed by atoms with Crippen molar-refractivity contribution in [3.8, 4) is 5.75 Å². The molecule has 2 aromatic rings. The number of anilines is 1. The van der Waals surface area contributed by atoms with Crippen LogP contribution in [0.25, 0.3) is 0 Å². The van der Waals surface area contributed by atoms with Gasteiger partial charge in [-0.05, 0) is 53.8 Å². The number of hydrogen-bond acceptors (Lipinski definition) is 5. The Bertz CT molecular complexity index is 934. The lowest BCUT2D eigenvalue weighted by molar-refractivity contribution is -0.142. The van der Waals surface area contributed by atoms with Gasteiger partial charge in [0.1, 0.15) is 5.75 Å². The second-order valence-electron chi connectivity index (χ2n) is 7.02. The van der Waals surface area contributed by atoms with Gasteiger partial charge < -0.3 is 19.9 Å². The van der Waals surface area contributed by atoms with Gasteiger partial charge in [0.2, 0.25) is 0 Å². The molecule has 0 saturated carbocycles. The quantitative estimate of drug-likeness (QED) is 0.608. The van der Waals surface area contributed by atoms with Gasteiger partial charge in [0.05, 0.1) is 18.7 Å². The number of esters is 1. The van der Waals surface area contributed by atoms with E-state index in [1.807, 2.05) is 30.3 Å². The van der Waals surface area contributed by atoms with Gasteiger partial charge in [0.15, 0.2) is 6.61 Å². The van der Waals surface area contributed by atoms with Crippen LogP contribution in [0.4, 0.5) is 5.69 Å². The van der Waals surface area contributed by atoms with E-state index in [0.717, 1.165) is 23.2 Å². The first-order valence-corrected chi connectivity index (χ1v) is 9.17. The molecule has 2 aliphatic rings. The van der Waals surface area contributed by atoms with E-state index in [9.17, 15) is 14.7 Å². The zero-order chi connectivity index (χ0) is 19.7. The highest BCUT2D eigenvalue weighted by Gasteiger charge is 2.38. The van der Waals surface area contributed by atoms with Crippen LogP contribution in [0.1, 0.15) is 39.9 Å². The largest absolute Gasteiger partial charge is 0.482 e. The highest BCUT2D eigenvalue weighted by atomic mass is 16.6. The fraction of sp³-hybridized carbons (Fsp3) is 0.273. The lowest BCUT2D eigenvalue weighted by Gasteiger charge is -2.37. The van der Waals surface area contributed by atoms with Crippen LogP contribution in [-0.2, 0) is 9.53 Å². The fourth-order valence-corrected chi connectivity index (χ4v) is 4.03. The van der Waals surface area contributed by atoms with E-state index < -0.39 is 11.9 Å². The molecule has 6 heteroatoms. The van der Waals surface area contributed by atoms with Gasteiger partial charge in [-0.25, -0.2) is 9.59 Å². The number of carboxylic acid groups (broad SMARTS) is 1. The van der Waals surface area contributed by atoms with Crippen LogP contribution in [0.3, 0.4) is 0 Å². The van der Waals surface area contributed by atoms with E-state index >= 15 is 0 Å². The van der Waals surface area contributed by atoms with Crippen molar-refractivity contribution in [1.29, 1.82) is 0 Å². The van der Waals surface area contributed by atoms with Gasteiger partial charge in [0.25, 0.3) is 0 Å². The Morgan fingerprint density at radius 2 is 1.96 bits per heavy atom. The average molecular weight is 379 g/mol. The molecule has 0 fully saturated rings. The van der Waals surface area contributed by atoms with Crippen LogP contribution in [0.15, 0.2) is 54.6 Å². The van der Waals surface area contributed by atoms with Crippen molar-refractivity contribution in [1.82, 2.24) is 0 Å². The lowest BCUT2D eigenvalue weighted by Crippen LogP contribution is -2.29. The van der Waals surface area contributed by atoms with Gasteiger partial charge in [-0.1, -0.05) is 24.3 Å². The van der Waals surface area contributed by atoms with Crippen molar-refractivity contribution >= 4 is 17.6 Å². The molecule has 3 atom stereocenters. The first kappa shape index (κ1) is 18.1. The normalized spacial score (nSPS) is 22.0. The smallest absolute Gasteiger partial charge is 0.343 e. The van der Waals surface area contributed by atoms with Gasteiger partial charge in [-0.15, -0.1) is 0 Å². The molecule has 0 amide bonds. The van der Waals surface area contributed by atoms with E-state index in [0.29, 0.717) is 17.2 Å². The maximum atomic E-state index is 11.3. The highest BCUT2D eigenvalue weighted by Crippen LogP contribution is 2.50. The number of methoxy groups -OCH3 is 1. The molecular weight excluding hydrogens is 358 g/mol. The first-order valence-electron chi connectivity index (χ1n) is 9.17. The molecule has 0 unspecified atom stereocenters. The van der Waals surface area contributed by atoms with Gasteiger partial charge in [-0.2, -0.15) is 0 Å². The summed E-state index contributed by atoms with van der Waals surface area (Å²) in [6.07, 6.45) is 5.27. The number of ether oxygens (including phenoxy) is 2. The molecule has 0 bridgehead atoms. The molecule has 4 rings (SSSR count). The third-order valence-electron chi connectivity index (χ3n) is 5.43. The van der Waals surface area contributed by atoms with E-state index in [-0.39, 0.29) is 18.6 Å². The number of nitrogens with one attached hydrogen (secondary N) is 1. The predicted octanol–water partition coefficient (Wildman–Crippen LogP) is 3.76. The summed E-state index contributed by atoms with van der Waals surface area (Å²) in [6.45, 7) is -0.120. The molecule has 1 aliphatic carbocycles. The zero-order valence-electron chi connectivity index (χ0n) is 15.4. The second kappa shape index (κ2) is 7.38. The molecule has 144 valence electrons. The minimum absolute atomic E-state index is 0.109. The molecule has 2 N–H and O–H groups in total. The van der Waals surface area contributed by atoms with Crippen molar-refractivity contribution in [3.63, 3.8) is 0 Å². The van der Waals surface area contributed by atoms with Crippen molar-refractivity contribution in [2.75, 3.05) is 19.0 Å². The molecule has 0 aromatic heterocycles. The number of carboxylic acids is 1. The highest BCUT2D eigenvalue weighted by molar-refractivity contribution is 5.89. The van der Waals surface area contributed by atoms with E-state index in [4.69, 9.17) is 4.74 Å². The maximum Gasteiger partial charge on any atom is 0.343 e. The van der Waals surface area contributed by atoms with Crippen LogP contribution >= 0.6 is 0 Å².